The first kappa shape index (κ1) is 12.1. The summed E-state index contributed by atoms with van der Waals surface area (Å²) in [6.45, 7) is 4.58. The highest BCUT2D eigenvalue weighted by atomic mass is 79.9. The molecule has 0 amide bonds. The van der Waals surface area contributed by atoms with Gasteiger partial charge in [-0.15, -0.1) is 0 Å². The molecule has 1 heterocycles. The summed E-state index contributed by atoms with van der Waals surface area (Å²) in [6, 6.07) is 6.54. The van der Waals surface area contributed by atoms with Crippen molar-refractivity contribution in [2.24, 2.45) is 0 Å². The molecule has 0 radical (unpaired) electrons. The molecule has 1 aromatic rings. The fraction of sp³-hybridized carbons (Fsp3) is 0.538. The van der Waals surface area contributed by atoms with Crippen LogP contribution >= 0.6 is 15.9 Å². The molecule has 0 spiro atoms. The average molecular weight is 283 g/mol. The SMILES string of the molecule is CN(C)CCN1CCc2cccc(Br)c2C1. The first-order valence-corrected chi connectivity index (χ1v) is 6.59. The van der Waals surface area contributed by atoms with Crippen molar-refractivity contribution in [3.8, 4) is 0 Å². The maximum Gasteiger partial charge on any atom is 0.0248 e. The zero-order chi connectivity index (χ0) is 11.5. The van der Waals surface area contributed by atoms with Crippen LogP contribution in [0.15, 0.2) is 22.7 Å². The number of likely N-dealkylation sites (N-methyl/N-ethyl adjacent to an activating group) is 1. The van der Waals surface area contributed by atoms with Crippen LogP contribution in [-0.2, 0) is 13.0 Å². The highest BCUT2D eigenvalue weighted by molar-refractivity contribution is 9.10. The van der Waals surface area contributed by atoms with Crippen LogP contribution < -0.4 is 0 Å². The Labute approximate surface area is 106 Å². The Kier molecular flexibility index (Phi) is 4.00. The van der Waals surface area contributed by atoms with Crippen LogP contribution in [0, 0.1) is 0 Å². The van der Waals surface area contributed by atoms with Gasteiger partial charge >= 0.3 is 0 Å². The van der Waals surface area contributed by atoms with Gasteiger partial charge in [0, 0.05) is 30.7 Å². The molecule has 0 unspecified atom stereocenters. The zero-order valence-corrected chi connectivity index (χ0v) is 11.6. The van der Waals surface area contributed by atoms with Crippen LogP contribution in [0.4, 0.5) is 0 Å². The molecular formula is C13H19BrN2. The Balaban J connectivity index is 2.03. The topological polar surface area (TPSA) is 6.48 Å². The molecule has 3 heteroatoms. The second-order valence-corrected chi connectivity index (χ2v) is 5.56. The molecule has 1 aliphatic rings. The lowest BCUT2D eigenvalue weighted by atomic mass is 10.00. The van der Waals surface area contributed by atoms with E-state index < -0.39 is 0 Å². The molecule has 16 heavy (non-hydrogen) atoms. The van der Waals surface area contributed by atoms with E-state index in [-0.39, 0.29) is 0 Å². The lowest BCUT2D eigenvalue weighted by Gasteiger charge is -2.30. The van der Waals surface area contributed by atoms with E-state index in [0.717, 1.165) is 19.6 Å². The molecule has 0 saturated heterocycles. The van der Waals surface area contributed by atoms with Crippen molar-refractivity contribution in [2.45, 2.75) is 13.0 Å². The first-order valence-electron chi connectivity index (χ1n) is 5.80. The zero-order valence-electron chi connectivity index (χ0n) is 10.0. The van der Waals surface area contributed by atoms with Crippen LogP contribution in [0.25, 0.3) is 0 Å². The number of hydrogen-bond donors (Lipinski definition) is 0. The van der Waals surface area contributed by atoms with Crippen molar-refractivity contribution in [1.82, 2.24) is 9.80 Å². The summed E-state index contributed by atoms with van der Waals surface area (Å²) in [5, 5.41) is 0. The highest BCUT2D eigenvalue weighted by Gasteiger charge is 2.17. The van der Waals surface area contributed by atoms with Crippen molar-refractivity contribution in [2.75, 3.05) is 33.7 Å². The van der Waals surface area contributed by atoms with Gasteiger partial charge in [-0.1, -0.05) is 28.1 Å². The molecule has 0 saturated carbocycles. The molecule has 0 N–H and O–H groups in total. The van der Waals surface area contributed by atoms with E-state index in [4.69, 9.17) is 0 Å². The van der Waals surface area contributed by atoms with E-state index in [9.17, 15) is 0 Å². The Hall–Kier alpha value is -0.380. The van der Waals surface area contributed by atoms with E-state index in [2.05, 4.69) is 58.0 Å². The van der Waals surface area contributed by atoms with Gasteiger partial charge in [-0.2, -0.15) is 0 Å². The standard InChI is InChI=1S/C13H19BrN2/c1-15(2)8-9-16-7-6-11-4-3-5-13(14)12(11)10-16/h3-5H,6-10H2,1-2H3. The fourth-order valence-corrected chi connectivity index (χ4v) is 2.66. The number of halogens is 1. The summed E-state index contributed by atoms with van der Waals surface area (Å²) < 4.78 is 1.26. The Morgan fingerprint density at radius 3 is 2.94 bits per heavy atom. The highest BCUT2D eigenvalue weighted by Crippen LogP contribution is 2.26. The lowest BCUT2D eigenvalue weighted by molar-refractivity contribution is 0.225. The summed E-state index contributed by atoms with van der Waals surface area (Å²) in [5.41, 5.74) is 2.99. The summed E-state index contributed by atoms with van der Waals surface area (Å²) in [7, 11) is 4.27. The van der Waals surface area contributed by atoms with Crippen LogP contribution in [0.5, 0.6) is 0 Å². The number of hydrogen-bond acceptors (Lipinski definition) is 2. The van der Waals surface area contributed by atoms with Gasteiger partial charge in [-0.05, 0) is 37.7 Å². The second-order valence-electron chi connectivity index (χ2n) is 4.71. The van der Waals surface area contributed by atoms with Gasteiger partial charge in [0.25, 0.3) is 0 Å². The van der Waals surface area contributed by atoms with Crippen molar-refractivity contribution < 1.29 is 0 Å². The van der Waals surface area contributed by atoms with Crippen molar-refractivity contribution in [1.29, 1.82) is 0 Å². The molecular weight excluding hydrogens is 264 g/mol. The van der Waals surface area contributed by atoms with E-state index in [1.807, 2.05) is 0 Å². The maximum absolute atomic E-state index is 3.65. The minimum atomic E-state index is 1.09. The molecule has 0 atom stereocenters. The minimum absolute atomic E-state index is 1.09. The number of benzene rings is 1. The summed E-state index contributed by atoms with van der Waals surface area (Å²) in [5.74, 6) is 0. The van der Waals surface area contributed by atoms with E-state index in [1.54, 1.807) is 0 Å². The van der Waals surface area contributed by atoms with Gasteiger partial charge in [-0.25, -0.2) is 0 Å². The number of rotatable bonds is 3. The molecule has 1 aliphatic heterocycles. The largest absolute Gasteiger partial charge is 0.308 e. The van der Waals surface area contributed by atoms with Crippen LogP contribution in [0.2, 0.25) is 0 Å². The molecule has 0 aromatic heterocycles. The predicted molar refractivity (Wildman–Crippen MR) is 71.7 cm³/mol. The summed E-state index contributed by atoms with van der Waals surface area (Å²) in [6.07, 6.45) is 1.18. The number of nitrogens with zero attached hydrogens (tertiary/aromatic N) is 2. The van der Waals surface area contributed by atoms with Crippen LogP contribution in [0.1, 0.15) is 11.1 Å². The average Bonchev–Trinajstić information content (AvgIpc) is 2.27. The first-order chi connectivity index (χ1) is 7.66. The van der Waals surface area contributed by atoms with E-state index >= 15 is 0 Å². The van der Waals surface area contributed by atoms with Gasteiger partial charge in [0.2, 0.25) is 0 Å². The molecule has 1 aromatic carbocycles. The van der Waals surface area contributed by atoms with Gasteiger partial charge in [0.1, 0.15) is 0 Å². The Bertz CT molecular complexity index is 363. The van der Waals surface area contributed by atoms with Gasteiger partial charge in [0.05, 0.1) is 0 Å². The van der Waals surface area contributed by atoms with Gasteiger partial charge in [0.15, 0.2) is 0 Å². The van der Waals surface area contributed by atoms with E-state index in [1.165, 1.54) is 28.6 Å². The summed E-state index contributed by atoms with van der Waals surface area (Å²) >= 11 is 3.65. The molecule has 2 nitrogen and oxygen atoms in total. The van der Waals surface area contributed by atoms with Crippen LogP contribution in [-0.4, -0.2) is 43.5 Å². The monoisotopic (exact) mass is 282 g/mol. The molecule has 2 rings (SSSR count). The Morgan fingerprint density at radius 2 is 2.19 bits per heavy atom. The number of fused-ring (bicyclic) bond motifs is 1. The third-order valence-electron chi connectivity index (χ3n) is 3.16. The quantitative estimate of drug-likeness (QED) is 0.840. The smallest absolute Gasteiger partial charge is 0.0248 e. The minimum Gasteiger partial charge on any atom is -0.308 e. The van der Waals surface area contributed by atoms with Gasteiger partial charge in [-0.3, -0.25) is 4.90 Å². The van der Waals surface area contributed by atoms with Crippen molar-refractivity contribution >= 4 is 15.9 Å². The molecule has 0 bridgehead atoms. The lowest BCUT2D eigenvalue weighted by Crippen LogP contribution is -2.35. The third kappa shape index (κ3) is 2.84. The second kappa shape index (κ2) is 5.30. The molecule has 88 valence electrons. The maximum atomic E-state index is 3.65. The van der Waals surface area contributed by atoms with Crippen molar-refractivity contribution in [3.63, 3.8) is 0 Å². The Morgan fingerprint density at radius 1 is 1.38 bits per heavy atom. The van der Waals surface area contributed by atoms with Gasteiger partial charge < -0.3 is 4.90 Å². The summed E-state index contributed by atoms with van der Waals surface area (Å²) in [4.78, 5) is 4.78. The molecule has 0 aliphatic carbocycles. The molecule has 0 fully saturated rings. The third-order valence-corrected chi connectivity index (χ3v) is 3.90. The van der Waals surface area contributed by atoms with Crippen molar-refractivity contribution in [3.05, 3.63) is 33.8 Å². The van der Waals surface area contributed by atoms with E-state index in [0.29, 0.717) is 0 Å². The normalized spacial score (nSPS) is 16.5. The van der Waals surface area contributed by atoms with Crippen LogP contribution in [0.3, 0.4) is 0 Å². The fourth-order valence-electron chi connectivity index (χ4n) is 2.13. The predicted octanol–water partition coefficient (Wildman–Crippen LogP) is 2.37.